The average molecular weight is 321 g/mol. The molecule has 0 aliphatic carbocycles. The van der Waals surface area contributed by atoms with Crippen molar-refractivity contribution in [3.8, 4) is 0 Å². The Morgan fingerprint density at radius 1 is 1.41 bits per heavy atom. The van der Waals surface area contributed by atoms with Crippen molar-refractivity contribution in [2.24, 2.45) is 0 Å². The van der Waals surface area contributed by atoms with Crippen LogP contribution in [-0.2, 0) is 14.9 Å². The molecule has 94 valence electrons. The van der Waals surface area contributed by atoms with Gasteiger partial charge in [-0.25, -0.2) is 0 Å². The standard InChI is InChI=1S/C12H14BrNO2.ClH/c1-16-11(15)12(6-7-14-8-12)9-2-4-10(13)5-3-9;/h2-5,14H,6-8H2,1H3;1H. The van der Waals surface area contributed by atoms with E-state index in [0.717, 1.165) is 23.0 Å². The molecule has 5 heteroatoms. The first-order chi connectivity index (χ1) is 7.69. The van der Waals surface area contributed by atoms with Gasteiger partial charge in [0.05, 0.1) is 7.11 Å². The number of ether oxygens (including phenoxy) is 1. The molecule has 0 amide bonds. The minimum Gasteiger partial charge on any atom is -0.468 e. The summed E-state index contributed by atoms with van der Waals surface area (Å²) >= 11 is 3.39. The molecule has 0 spiro atoms. The number of halogens is 2. The van der Waals surface area contributed by atoms with E-state index in [1.165, 1.54) is 7.11 Å². The summed E-state index contributed by atoms with van der Waals surface area (Å²) in [5.74, 6) is -0.153. The Morgan fingerprint density at radius 3 is 2.53 bits per heavy atom. The van der Waals surface area contributed by atoms with E-state index in [0.29, 0.717) is 6.54 Å². The van der Waals surface area contributed by atoms with Crippen LogP contribution in [0.3, 0.4) is 0 Å². The highest BCUT2D eigenvalue weighted by Crippen LogP contribution is 2.32. The summed E-state index contributed by atoms with van der Waals surface area (Å²) in [7, 11) is 1.45. The molecule has 0 aromatic heterocycles. The first-order valence-corrected chi connectivity index (χ1v) is 6.03. The lowest BCUT2D eigenvalue weighted by Crippen LogP contribution is -2.39. The van der Waals surface area contributed by atoms with Crippen molar-refractivity contribution < 1.29 is 9.53 Å². The molecule has 1 heterocycles. The summed E-state index contributed by atoms with van der Waals surface area (Å²) in [6.45, 7) is 1.51. The predicted octanol–water partition coefficient (Wildman–Crippen LogP) is 2.27. The van der Waals surface area contributed by atoms with Crippen LogP contribution in [0.15, 0.2) is 28.7 Å². The van der Waals surface area contributed by atoms with Gasteiger partial charge in [0, 0.05) is 11.0 Å². The zero-order valence-electron chi connectivity index (χ0n) is 9.53. The number of esters is 1. The molecule has 1 saturated heterocycles. The van der Waals surface area contributed by atoms with Crippen LogP contribution in [0.2, 0.25) is 0 Å². The molecule has 0 radical (unpaired) electrons. The van der Waals surface area contributed by atoms with Gasteiger partial charge in [0.2, 0.25) is 0 Å². The number of hydrogen-bond acceptors (Lipinski definition) is 3. The van der Waals surface area contributed by atoms with Gasteiger partial charge in [0.1, 0.15) is 5.41 Å². The largest absolute Gasteiger partial charge is 0.468 e. The molecule has 2 rings (SSSR count). The smallest absolute Gasteiger partial charge is 0.317 e. The lowest BCUT2D eigenvalue weighted by molar-refractivity contribution is -0.146. The number of carbonyl (C=O) groups is 1. The van der Waals surface area contributed by atoms with Crippen molar-refractivity contribution in [1.82, 2.24) is 5.32 Å². The van der Waals surface area contributed by atoms with Crippen LogP contribution in [0.4, 0.5) is 0 Å². The molecule has 1 atom stereocenters. The van der Waals surface area contributed by atoms with E-state index in [4.69, 9.17) is 4.74 Å². The molecule has 0 saturated carbocycles. The topological polar surface area (TPSA) is 38.3 Å². The van der Waals surface area contributed by atoms with Crippen molar-refractivity contribution >= 4 is 34.3 Å². The third-order valence-corrected chi connectivity index (χ3v) is 3.66. The van der Waals surface area contributed by atoms with Crippen LogP contribution in [0, 0.1) is 0 Å². The third-order valence-electron chi connectivity index (χ3n) is 3.13. The summed E-state index contributed by atoms with van der Waals surface area (Å²) in [5.41, 5.74) is 0.516. The van der Waals surface area contributed by atoms with Crippen LogP contribution in [0.5, 0.6) is 0 Å². The van der Waals surface area contributed by atoms with E-state index in [9.17, 15) is 4.79 Å². The molecular formula is C12H15BrClNO2. The summed E-state index contributed by atoms with van der Waals surface area (Å²) in [6, 6.07) is 7.87. The van der Waals surface area contributed by atoms with Crippen molar-refractivity contribution in [2.75, 3.05) is 20.2 Å². The molecule has 17 heavy (non-hydrogen) atoms. The maximum absolute atomic E-state index is 11.9. The number of methoxy groups -OCH3 is 1. The molecule has 1 fully saturated rings. The van der Waals surface area contributed by atoms with E-state index in [2.05, 4.69) is 21.2 Å². The van der Waals surface area contributed by atoms with Gasteiger partial charge in [-0.2, -0.15) is 0 Å². The average Bonchev–Trinajstić information content (AvgIpc) is 2.79. The van der Waals surface area contributed by atoms with E-state index in [-0.39, 0.29) is 18.4 Å². The Morgan fingerprint density at radius 2 is 2.06 bits per heavy atom. The number of nitrogens with one attached hydrogen (secondary N) is 1. The highest BCUT2D eigenvalue weighted by atomic mass is 79.9. The minimum absolute atomic E-state index is 0. The van der Waals surface area contributed by atoms with Crippen LogP contribution in [0.1, 0.15) is 12.0 Å². The molecule has 1 aromatic carbocycles. The second-order valence-corrected chi connectivity index (χ2v) is 4.92. The zero-order valence-corrected chi connectivity index (χ0v) is 11.9. The SMILES string of the molecule is COC(=O)C1(c2ccc(Br)cc2)CCNC1.Cl. The van der Waals surface area contributed by atoms with E-state index in [1.54, 1.807) is 0 Å². The fraction of sp³-hybridized carbons (Fsp3) is 0.417. The van der Waals surface area contributed by atoms with Crippen LogP contribution >= 0.6 is 28.3 Å². The first kappa shape index (κ1) is 14.5. The second-order valence-electron chi connectivity index (χ2n) is 4.01. The van der Waals surface area contributed by atoms with Crippen LogP contribution in [0.25, 0.3) is 0 Å². The second kappa shape index (κ2) is 5.85. The molecule has 0 bridgehead atoms. The first-order valence-electron chi connectivity index (χ1n) is 5.24. The van der Waals surface area contributed by atoms with Crippen molar-refractivity contribution in [2.45, 2.75) is 11.8 Å². The molecule has 1 N–H and O–H groups in total. The molecule has 1 aliphatic rings. The summed E-state index contributed by atoms with van der Waals surface area (Å²) in [6.07, 6.45) is 0.793. The van der Waals surface area contributed by atoms with Gasteiger partial charge in [0.25, 0.3) is 0 Å². The highest BCUT2D eigenvalue weighted by molar-refractivity contribution is 9.10. The van der Waals surface area contributed by atoms with Crippen molar-refractivity contribution in [1.29, 1.82) is 0 Å². The molecular weight excluding hydrogens is 305 g/mol. The van der Waals surface area contributed by atoms with E-state index >= 15 is 0 Å². The van der Waals surface area contributed by atoms with Gasteiger partial charge in [-0.15, -0.1) is 12.4 Å². The molecule has 3 nitrogen and oxygen atoms in total. The number of benzene rings is 1. The Bertz CT molecular complexity index is 388. The number of hydrogen-bond donors (Lipinski definition) is 1. The third kappa shape index (κ3) is 2.64. The normalized spacial score (nSPS) is 22.9. The van der Waals surface area contributed by atoms with Gasteiger partial charge in [0.15, 0.2) is 0 Å². The fourth-order valence-corrected chi connectivity index (χ4v) is 2.46. The summed E-state index contributed by atoms with van der Waals surface area (Å²) in [4.78, 5) is 11.9. The number of rotatable bonds is 2. The van der Waals surface area contributed by atoms with Crippen LogP contribution in [-0.4, -0.2) is 26.2 Å². The Balaban J connectivity index is 0.00000144. The van der Waals surface area contributed by atoms with Gasteiger partial charge < -0.3 is 10.1 Å². The molecule has 1 aliphatic heterocycles. The fourth-order valence-electron chi connectivity index (χ4n) is 2.19. The van der Waals surface area contributed by atoms with Gasteiger partial charge >= 0.3 is 5.97 Å². The van der Waals surface area contributed by atoms with E-state index in [1.807, 2.05) is 24.3 Å². The van der Waals surface area contributed by atoms with Gasteiger partial charge in [-0.3, -0.25) is 4.79 Å². The maximum atomic E-state index is 11.9. The van der Waals surface area contributed by atoms with E-state index < -0.39 is 5.41 Å². The van der Waals surface area contributed by atoms with Crippen molar-refractivity contribution in [3.63, 3.8) is 0 Å². The number of carbonyl (C=O) groups excluding carboxylic acids is 1. The van der Waals surface area contributed by atoms with Gasteiger partial charge in [-0.1, -0.05) is 28.1 Å². The minimum atomic E-state index is -0.505. The Hall–Kier alpha value is -0.580. The highest BCUT2D eigenvalue weighted by Gasteiger charge is 2.43. The summed E-state index contributed by atoms with van der Waals surface area (Å²) in [5, 5.41) is 3.23. The van der Waals surface area contributed by atoms with Gasteiger partial charge in [-0.05, 0) is 30.7 Å². The quantitative estimate of drug-likeness (QED) is 0.850. The summed E-state index contributed by atoms with van der Waals surface area (Å²) < 4.78 is 5.95. The van der Waals surface area contributed by atoms with Crippen molar-refractivity contribution in [3.05, 3.63) is 34.3 Å². The monoisotopic (exact) mass is 319 g/mol. The lowest BCUT2D eigenvalue weighted by atomic mass is 9.80. The Kier molecular flexibility index (Phi) is 4.98. The molecule has 1 unspecified atom stereocenters. The van der Waals surface area contributed by atoms with Crippen LogP contribution < -0.4 is 5.32 Å². The Labute approximate surface area is 115 Å². The maximum Gasteiger partial charge on any atom is 0.317 e. The molecule has 1 aromatic rings. The predicted molar refractivity (Wildman–Crippen MR) is 72.6 cm³/mol. The zero-order chi connectivity index (χ0) is 11.6. The lowest BCUT2D eigenvalue weighted by Gasteiger charge is -2.25.